The maximum Gasteiger partial charge on any atom is 0.338 e. The van der Waals surface area contributed by atoms with Gasteiger partial charge in [0.15, 0.2) is 5.13 Å². The molecule has 140 valence electrons. The summed E-state index contributed by atoms with van der Waals surface area (Å²) in [6, 6.07) is 15.3. The highest BCUT2D eigenvalue weighted by Gasteiger charge is 2.15. The number of aromatic nitrogens is 1. The average Bonchev–Trinajstić information content (AvgIpc) is 3.14. The molecule has 0 fully saturated rings. The lowest BCUT2D eigenvalue weighted by Gasteiger charge is -2.06. The third-order valence-electron chi connectivity index (χ3n) is 3.58. The molecule has 1 heterocycles. The first-order chi connectivity index (χ1) is 13.0. The number of nitrogens with zero attached hydrogens (tertiary/aromatic N) is 1. The van der Waals surface area contributed by atoms with E-state index in [1.54, 1.807) is 5.38 Å². The van der Waals surface area contributed by atoms with Gasteiger partial charge in [0.1, 0.15) is 6.61 Å². The van der Waals surface area contributed by atoms with Crippen LogP contribution in [-0.4, -0.2) is 26.4 Å². The fraction of sp³-hybridized carbons (Fsp3) is 0.111. The highest BCUT2D eigenvalue weighted by Crippen LogP contribution is 2.21. The van der Waals surface area contributed by atoms with E-state index in [0.717, 1.165) is 5.69 Å². The van der Waals surface area contributed by atoms with Crippen LogP contribution in [0.4, 0.5) is 10.8 Å². The molecule has 0 unspecified atom stereocenters. The second-order valence-electron chi connectivity index (χ2n) is 5.45. The number of anilines is 2. The van der Waals surface area contributed by atoms with Gasteiger partial charge in [-0.05, 0) is 37.4 Å². The third kappa shape index (κ3) is 4.91. The second-order valence-corrected chi connectivity index (χ2v) is 8.19. The van der Waals surface area contributed by atoms with Gasteiger partial charge in [-0.2, -0.15) is 0 Å². The summed E-state index contributed by atoms with van der Waals surface area (Å²) < 4.78 is 31.1. The smallest absolute Gasteiger partial charge is 0.338 e. The largest absolute Gasteiger partial charge is 0.456 e. The normalized spacial score (nSPS) is 11.1. The molecule has 0 atom stereocenters. The van der Waals surface area contributed by atoms with E-state index in [2.05, 4.69) is 15.0 Å². The van der Waals surface area contributed by atoms with Gasteiger partial charge in [0.2, 0.25) is 10.0 Å². The van der Waals surface area contributed by atoms with Crippen LogP contribution in [0.3, 0.4) is 0 Å². The van der Waals surface area contributed by atoms with E-state index in [1.807, 2.05) is 30.3 Å². The number of rotatable bonds is 7. The fourth-order valence-corrected chi connectivity index (χ4v) is 3.70. The molecule has 3 rings (SSSR count). The molecule has 3 aromatic rings. The molecule has 1 aromatic heterocycles. The summed E-state index contributed by atoms with van der Waals surface area (Å²) >= 11 is 1.40. The standard InChI is InChI=1S/C18H17N3O4S2/c1-19-27(23,24)16-9-5-6-13(10-16)17(22)25-11-15-12-26-18(21-15)20-14-7-3-2-4-8-14/h2-10,12,19H,11H2,1H3,(H,20,21). The van der Waals surface area contributed by atoms with Crippen LogP contribution in [0.2, 0.25) is 0 Å². The number of benzene rings is 2. The van der Waals surface area contributed by atoms with Crippen LogP contribution < -0.4 is 10.0 Å². The molecule has 0 spiro atoms. The number of para-hydroxylation sites is 1. The number of esters is 1. The van der Waals surface area contributed by atoms with Crippen molar-refractivity contribution in [2.75, 3.05) is 12.4 Å². The lowest BCUT2D eigenvalue weighted by atomic mass is 10.2. The van der Waals surface area contributed by atoms with Crippen LogP contribution in [0.5, 0.6) is 0 Å². The Bertz CT molecular complexity index is 1030. The van der Waals surface area contributed by atoms with E-state index in [0.29, 0.717) is 10.8 Å². The summed E-state index contributed by atoms with van der Waals surface area (Å²) in [6.45, 7) is -0.00515. The number of hydrogen-bond acceptors (Lipinski definition) is 7. The van der Waals surface area contributed by atoms with E-state index < -0.39 is 16.0 Å². The van der Waals surface area contributed by atoms with E-state index in [9.17, 15) is 13.2 Å². The lowest BCUT2D eigenvalue weighted by molar-refractivity contribution is 0.0468. The van der Waals surface area contributed by atoms with E-state index in [4.69, 9.17) is 4.74 Å². The molecule has 0 aliphatic carbocycles. The number of ether oxygens (including phenoxy) is 1. The summed E-state index contributed by atoms with van der Waals surface area (Å²) in [5.74, 6) is -0.617. The number of hydrogen-bond donors (Lipinski definition) is 2. The van der Waals surface area contributed by atoms with Crippen molar-refractivity contribution in [3.63, 3.8) is 0 Å². The first-order valence-corrected chi connectivity index (χ1v) is 10.3. The van der Waals surface area contributed by atoms with Crippen molar-refractivity contribution in [2.24, 2.45) is 0 Å². The lowest BCUT2D eigenvalue weighted by Crippen LogP contribution is -2.19. The van der Waals surface area contributed by atoms with Crippen LogP contribution in [0.15, 0.2) is 64.9 Å². The van der Waals surface area contributed by atoms with Crippen molar-refractivity contribution in [3.8, 4) is 0 Å². The quantitative estimate of drug-likeness (QED) is 0.588. The highest BCUT2D eigenvalue weighted by atomic mass is 32.2. The average molecular weight is 403 g/mol. The molecular weight excluding hydrogens is 386 g/mol. The molecule has 0 aliphatic heterocycles. The summed E-state index contributed by atoms with van der Waals surface area (Å²) in [5.41, 5.74) is 1.67. The van der Waals surface area contributed by atoms with Crippen LogP contribution in [0.1, 0.15) is 16.1 Å². The molecular formula is C18H17N3O4S2. The van der Waals surface area contributed by atoms with Gasteiger partial charge in [-0.3, -0.25) is 0 Å². The van der Waals surface area contributed by atoms with Gasteiger partial charge in [-0.25, -0.2) is 22.9 Å². The topological polar surface area (TPSA) is 97.4 Å². The summed E-state index contributed by atoms with van der Waals surface area (Å²) in [6.07, 6.45) is 0. The highest BCUT2D eigenvalue weighted by molar-refractivity contribution is 7.89. The van der Waals surface area contributed by atoms with Crippen molar-refractivity contribution >= 4 is 38.1 Å². The SMILES string of the molecule is CNS(=O)(=O)c1cccc(C(=O)OCc2csc(Nc3ccccc3)n2)c1. The van der Waals surface area contributed by atoms with Crippen LogP contribution >= 0.6 is 11.3 Å². The van der Waals surface area contributed by atoms with Gasteiger partial charge < -0.3 is 10.1 Å². The second kappa shape index (κ2) is 8.30. The molecule has 0 aliphatic rings. The fourth-order valence-electron chi connectivity index (χ4n) is 2.21. The molecule has 0 radical (unpaired) electrons. The molecule has 27 heavy (non-hydrogen) atoms. The molecule has 2 aromatic carbocycles. The van der Waals surface area contributed by atoms with Gasteiger partial charge in [-0.1, -0.05) is 24.3 Å². The molecule has 9 heteroatoms. The Hall–Kier alpha value is -2.75. The van der Waals surface area contributed by atoms with E-state index in [1.165, 1.54) is 42.6 Å². The van der Waals surface area contributed by atoms with Gasteiger partial charge in [0.05, 0.1) is 16.2 Å². The molecule has 0 bridgehead atoms. The number of thiazole rings is 1. The summed E-state index contributed by atoms with van der Waals surface area (Å²) in [4.78, 5) is 16.6. The van der Waals surface area contributed by atoms with Crippen molar-refractivity contribution in [2.45, 2.75) is 11.5 Å². The number of sulfonamides is 1. The molecule has 0 amide bonds. The Morgan fingerprint density at radius 2 is 1.93 bits per heavy atom. The van der Waals surface area contributed by atoms with Crippen molar-refractivity contribution < 1.29 is 17.9 Å². The first-order valence-electron chi connectivity index (χ1n) is 7.95. The van der Waals surface area contributed by atoms with Gasteiger partial charge in [-0.15, -0.1) is 11.3 Å². The minimum atomic E-state index is -3.62. The molecule has 0 saturated carbocycles. The Balaban J connectivity index is 1.62. The van der Waals surface area contributed by atoms with Crippen LogP contribution in [0.25, 0.3) is 0 Å². The number of carbonyl (C=O) groups is 1. The zero-order chi connectivity index (χ0) is 19.3. The maximum atomic E-state index is 12.2. The Morgan fingerprint density at radius 1 is 1.15 bits per heavy atom. The number of nitrogens with one attached hydrogen (secondary N) is 2. The Morgan fingerprint density at radius 3 is 2.67 bits per heavy atom. The van der Waals surface area contributed by atoms with Gasteiger partial charge in [0.25, 0.3) is 0 Å². The maximum absolute atomic E-state index is 12.2. The Kier molecular flexibility index (Phi) is 5.84. The van der Waals surface area contributed by atoms with Gasteiger partial charge >= 0.3 is 5.97 Å². The molecule has 7 nitrogen and oxygen atoms in total. The molecule has 0 saturated heterocycles. The zero-order valence-electron chi connectivity index (χ0n) is 14.4. The van der Waals surface area contributed by atoms with Gasteiger partial charge in [0, 0.05) is 11.1 Å². The zero-order valence-corrected chi connectivity index (χ0v) is 16.0. The summed E-state index contributed by atoms with van der Waals surface area (Å²) in [5, 5.41) is 5.65. The van der Waals surface area contributed by atoms with Crippen LogP contribution in [0, 0.1) is 0 Å². The summed E-state index contributed by atoms with van der Waals surface area (Å²) in [7, 11) is -2.32. The van der Waals surface area contributed by atoms with Crippen molar-refractivity contribution in [3.05, 3.63) is 71.2 Å². The molecule has 2 N–H and O–H groups in total. The monoisotopic (exact) mass is 403 g/mol. The predicted molar refractivity (Wildman–Crippen MR) is 104 cm³/mol. The predicted octanol–water partition coefficient (Wildman–Crippen LogP) is 3.15. The third-order valence-corrected chi connectivity index (χ3v) is 5.80. The minimum Gasteiger partial charge on any atom is -0.456 e. The minimum absolute atomic E-state index is 0.00227. The first kappa shape index (κ1) is 19.0. The van der Waals surface area contributed by atoms with Crippen molar-refractivity contribution in [1.82, 2.24) is 9.71 Å². The van der Waals surface area contributed by atoms with Crippen LogP contribution in [-0.2, 0) is 21.4 Å². The van der Waals surface area contributed by atoms with Crippen molar-refractivity contribution in [1.29, 1.82) is 0 Å². The van der Waals surface area contributed by atoms with E-state index >= 15 is 0 Å². The van der Waals surface area contributed by atoms with E-state index in [-0.39, 0.29) is 17.1 Å². The number of carbonyl (C=O) groups excluding carboxylic acids is 1. The Labute approximate surface area is 161 Å².